The molecule has 1 saturated carbocycles. The number of carbonyl (C=O) groups excluding carboxylic acids is 1. The molecule has 0 radical (unpaired) electrons. The van der Waals surface area contributed by atoms with E-state index in [4.69, 9.17) is 18.9 Å². The molecule has 7 heteroatoms. The standard InChI is InChI=1S/C18H26N2O5/c1-22-14-7-13(8-15(23-2)17(14)25-4)19-18(21)20-9-11-5-6-12(10-20)16(11)24-3/h7-8,11-12,16H,5-6,9-10H2,1-4H3,(H,19,21)/t11-,12+,16?. The fourth-order valence-electron chi connectivity index (χ4n) is 4.08. The smallest absolute Gasteiger partial charge is 0.321 e. The average Bonchev–Trinajstić information content (AvgIpc) is 2.88. The number of nitrogens with zero attached hydrogens (tertiary/aromatic N) is 1. The van der Waals surface area contributed by atoms with E-state index in [1.165, 1.54) is 0 Å². The van der Waals surface area contributed by atoms with Crippen molar-refractivity contribution in [3.8, 4) is 17.2 Å². The quantitative estimate of drug-likeness (QED) is 0.884. The number of likely N-dealkylation sites (tertiary alicyclic amines) is 1. The Balaban J connectivity index is 1.73. The number of fused-ring (bicyclic) bond motifs is 2. The van der Waals surface area contributed by atoms with E-state index in [9.17, 15) is 4.79 Å². The van der Waals surface area contributed by atoms with Crippen LogP contribution >= 0.6 is 0 Å². The second kappa shape index (κ2) is 7.39. The summed E-state index contributed by atoms with van der Waals surface area (Å²) >= 11 is 0. The van der Waals surface area contributed by atoms with Crippen LogP contribution in [0.3, 0.4) is 0 Å². The maximum absolute atomic E-state index is 12.7. The Hall–Kier alpha value is -2.15. The number of urea groups is 1. The molecule has 0 spiro atoms. The van der Waals surface area contributed by atoms with Gasteiger partial charge in [0.2, 0.25) is 5.75 Å². The summed E-state index contributed by atoms with van der Waals surface area (Å²) in [7, 11) is 6.42. The SMILES string of the molecule is COc1cc(NC(=O)N2C[C@H]3CC[C@@H](C2)C3OC)cc(OC)c1OC. The Labute approximate surface area is 148 Å². The van der Waals surface area contributed by atoms with Crippen molar-refractivity contribution in [3.05, 3.63) is 12.1 Å². The average molecular weight is 350 g/mol. The molecule has 2 bridgehead atoms. The van der Waals surface area contributed by atoms with Gasteiger partial charge in [-0.25, -0.2) is 4.79 Å². The molecule has 3 rings (SSSR count). The number of amides is 2. The predicted molar refractivity (Wildman–Crippen MR) is 93.7 cm³/mol. The number of hydrogen-bond donors (Lipinski definition) is 1. The zero-order valence-corrected chi connectivity index (χ0v) is 15.2. The lowest BCUT2D eigenvalue weighted by Crippen LogP contribution is -2.49. The van der Waals surface area contributed by atoms with E-state index in [1.807, 2.05) is 4.90 Å². The van der Waals surface area contributed by atoms with Crippen LogP contribution in [0.25, 0.3) is 0 Å². The monoisotopic (exact) mass is 350 g/mol. The molecule has 1 aliphatic carbocycles. The Morgan fingerprint density at radius 2 is 1.56 bits per heavy atom. The number of ether oxygens (including phenoxy) is 4. The molecular formula is C18H26N2O5. The maximum Gasteiger partial charge on any atom is 0.321 e. The van der Waals surface area contributed by atoms with Crippen molar-refractivity contribution in [3.63, 3.8) is 0 Å². The molecule has 1 heterocycles. The number of anilines is 1. The van der Waals surface area contributed by atoms with Crippen LogP contribution < -0.4 is 19.5 Å². The highest BCUT2D eigenvalue weighted by molar-refractivity contribution is 5.90. The highest BCUT2D eigenvalue weighted by atomic mass is 16.5. The molecule has 2 aliphatic rings. The molecule has 25 heavy (non-hydrogen) atoms. The van der Waals surface area contributed by atoms with Gasteiger partial charge in [-0.05, 0) is 12.8 Å². The van der Waals surface area contributed by atoms with Gasteiger partial charge in [-0.2, -0.15) is 0 Å². The first kappa shape index (κ1) is 17.7. The largest absolute Gasteiger partial charge is 0.493 e. The van der Waals surface area contributed by atoms with Crippen molar-refractivity contribution >= 4 is 11.7 Å². The van der Waals surface area contributed by atoms with Gasteiger partial charge in [0.15, 0.2) is 11.5 Å². The van der Waals surface area contributed by atoms with Crippen LogP contribution in [0.4, 0.5) is 10.5 Å². The minimum atomic E-state index is -0.110. The Morgan fingerprint density at radius 3 is 2.00 bits per heavy atom. The molecule has 1 aromatic rings. The summed E-state index contributed by atoms with van der Waals surface area (Å²) in [5.41, 5.74) is 0.612. The fourth-order valence-corrected chi connectivity index (χ4v) is 4.08. The number of hydrogen-bond acceptors (Lipinski definition) is 5. The Bertz CT molecular complexity index is 597. The normalized spacial score (nSPS) is 24.8. The highest BCUT2D eigenvalue weighted by Gasteiger charge is 2.43. The van der Waals surface area contributed by atoms with Crippen LogP contribution in [0.15, 0.2) is 12.1 Å². The maximum atomic E-state index is 12.7. The molecule has 0 aromatic heterocycles. The minimum absolute atomic E-state index is 0.110. The summed E-state index contributed by atoms with van der Waals surface area (Å²) in [6.07, 6.45) is 2.53. The Morgan fingerprint density at radius 1 is 1.00 bits per heavy atom. The molecule has 138 valence electrons. The van der Waals surface area contributed by atoms with Crippen LogP contribution in [0.2, 0.25) is 0 Å². The predicted octanol–water partition coefficient (Wildman–Crippen LogP) is 2.60. The lowest BCUT2D eigenvalue weighted by molar-refractivity contribution is -0.00364. The minimum Gasteiger partial charge on any atom is -0.493 e. The zero-order chi connectivity index (χ0) is 18.0. The van der Waals surface area contributed by atoms with Gasteiger partial charge in [-0.1, -0.05) is 0 Å². The van der Waals surface area contributed by atoms with Crippen molar-refractivity contribution in [2.45, 2.75) is 18.9 Å². The van der Waals surface area contributed by atoms with Crippen molar-refractivity contribution in [2.24, 2.45) is 11.8 Å². The second-order valence-electron chi connectivity index (χ2n) is 6.55. The molecule has 1 saturated heterocycles. The molecule has 2 amide bonds. The first-order chi connectivity index (χ1) is 12.1. The third-order valence-electron chi connectivity index (χ3n) is 5.22. The van der Waals surface area contributed by atoms with Crippen LogP contribution in [-0.4, -0.2) is 58.6 Å². The Kier molecular flexibility index (Phi) is 5.22. The van der Waals surface area contributed by atoms with Crippen LogP contribution in [0, 0.1) is 11.8 Å². The lowest BCUT2D eigenvalue weighted by Gasteiger charge is -2.37. The van der Waals surface area contributed by atoms with Crippen LogP contribution in [0.5, 0.6) is 17.2 Å². The van der Waals surface area contributed by atoms with Crippen molar-refractivity contribution in [1.82, 2.24) is 4.90 Å². The van der Waals surface area contributed by atoms with Crippen molar-refractivity contribution in [2.75, 3.05) is 46.8 Å². The van der Waals surface area contributed by atoms with E-state index in [0.717, 1.165) is 25.9 Å². The number of carbonyl (C=O) groups is 1. The van der Waals surface area contributed by atoms with E-state index >= 15 is 0 Å². The van der Waals surface area contributed by atoms with E-state index < -0.39 is 0 Å². The van der Waals surface area contributed by atoms with Crippen LogP contribution in [-0.2, 0) is 4.74 Å². The summed E-state index contributed by atoms with van der Waals surface area (Å²) < 4.78 is 21.6. The van der Waals surface area contributed by atoms with Gasteiger partial charge >= 0.3 is 6.03 Å². The number of piperidine rings is 1. The molecule has 3 atom stereocenters. The molecule has 1 unspecified atom stereocenters. The van der Waals surface area contributed by atoms with Gasteiger partial charge in [-0.3, -0.25) is 0 Å². The first-order valence-electron chi connectivity index (χ1n) is 8.50. The van der Waals surface area contributed by atoms with E-state index in [0.29, 0.717) is 34.8 Å². The van der Waals surface area contributed by atoms with Crippen LogP contribution in [0.1, 0.15) is 12.8 Å². The van der Waals surface area contributed by atoms with Crippen molar-refractivity contribution in [1.29, 1.82) is 0 Å². The molecular weight excluding hydrogens is 324 g/mol. The first-order valence-corrected chi connectivity index (χ1v) is 8.50. The third-order valence-corrected chi connectivity index (χ3v) is 5.22. The van der Waals surface area contributed by atoms with E-state index in [2.05, 4.69) is 5.32 Å². The second-order valence-corrected chi connectivity index (χ2v) is 6.55. The number of benzene rings is 1. The lowest BCUT2D eigenvalue weighted by atomic mass is 9.95. The summed E-state index contributed by atoms with van der Waals surface area (Å²) in [5, 5.41) is 2.94. The fraction of sp³-hybridized carbons (Fsp3) is 0.611. The molecule has 7 nitrogen and oxygen atoms in total. The summed E-state index contributed by atoms with van der Waals surface area (Å²) in [6.45, 7) is 1.45. The number of rotatable bonds is 5. The van der Waals surface area contributed by atoms with Gasteiger partial charge in [0.1, 0.15) is 0 Å². The summed E-state index contributed by atoms with van der Waals surface area (Å²) in [4.78, 5) is 14.6. The topological polar surface area (TPSA) is 69.3 Å². The van der Waals surface area contributed by atoms with Gasteiger partial charge in [0.05, 0.1) is 33.1 Å². The number of methoxy groups -OCH3 is 4. The van der Waals surface area contributed by atoms with Gasteiger partial charge < -0.3 is 29.2 Å². The number of nitrogens with one attached hydrogen (secondary N) is 1. The molecule has 1 aliphatic heterocycles. The van der Waals surface area contributed by atoms with Gasteiger partial charge in [0.25, 0.3) is 0 Å². The molecule has 2 fully saturated rings. The van der Waals surface area contributed by atoms with Gasteiger partial charge in [0, 0.05) is 44.2 Å². The molecule has 1 aromatic carbocycles. The highest BCUT2D eigenvalue weighted by Crippen LogP contribution is 2.41. The zero-order valence-electron chi connectivity index (χ0n) is 15.2. The molecule has 1 N–H and O–H groups in total. The van der Waals surface area contributed by atoms with E-state index in [-0.39, 0.29) is 12.1 Å². The van der Waals surface area contributed by atoms with Gasteiger partial charge in [-0.15, -0.1) is 0 Å². The van der Waals surface area contributed by atoms with Crippen molar-refractivity contribution < 1.29 is 23.7 Å². The van der Waals surface area contributed by atoms with E-state index in [1.54, 1.807) is 40.6 Å². The third kappa shape index (κ3) is 3.33. The summed E-state index contributed by atoms with van der Waals surface area (Å²) in [5.74, 6) is 2.37. The summed E-state index contributed by atoms with van der Waals surface area (Å²) in [6, 6.07) is 3.35.